The van der Waals surface area contributed by atoms with Gasteiger partial charge in [-0.2, -0.15) is 10.2 Å². The summed E-state index contributed by atoms with van der Waals surface area (Å²) in [6.07, 6.45) is 6.18. The first-order valence-corrected chi connectivity index (χ1v) is 9.02. The molecule has 1 unspecified atom stereocenters. The second-order valence-electron chi connectivity index (χ2n) is 7.06. The van der Waals surface area contributed by atoms with Crippen LogP contribution in [0.3, 0.4) is 0 Å². The van der Waals surface area contributed by atoms with E-state index >= 15 is 0 Å². The molecule has 0 bridgehead atoms. The second kappa shape index (κ2) is 5.95. The van der Waals surface area contributed by atoms with Crippen LogP contribution >= 0.6 is 0 Å². The third kappa shape index (κ3) is 2.60. The lowest BCUT2D eigenvalue weighted by molar-refractivity contribution is 0.469. The number of pyridine rings is 1. The van der Waals surface area contributed by atoms with Gasteiger partial charge in [-0.25, -0.2) is 14.2 Å². The average molecular weight is 361 g/mol. The SMILES string of the molecule is Cc1cn2nc(-c3cc4cnn(C5CCNC5)c(=O)c4cn3)cc(C)c2n1. The number of fused-ring (bicyclic) bond motifs is 2. The van der Waals surface area contributed by atoms with Crippen molar-refractivity contribution in [1.29, 1.82) is 0 Å². The Kier molecular flexibility index (Phi) is 3.54. The van der Waals surface area contributed by atoms with Crippen molar-refractivity contribution < 1.29 is 0 Å². The minimum atomic E-state index is -0.0925. The summed E-state index contributed by atoms with van der Waals surface area (Å²) >= 11 is 0. The average Bonchev–Trinajstić information content (AvgIpc) is 3.31. The summed E-state index contributed by atoms with van der Waals surface area (Å²) < 4.78 is 3.35. The summed E-state index contributed by atoms with van der Waals surface area (Å²) in [4.78, 5) is 21.8. The Balaban J connectivity index is 1.62. The number of nitrogens with zero attached hydrogens (tertiary/aromatic N) is 6. The van der Waals surface area contributed by atoms with Crippen LogP contribution in [0.25, 0.3) is 27.8 Å². The predicted molar refractivity (Wildman–Crippen MR) is 102 cm³/mol. The fraction of sp³-hybridized carbons (Fsp3) is 0.316. The summed E-state index contributed by atoms with van der Waals surface area (Å²) in [6.45, 7) is 5.63. The van der Waals surface area contributed by atoms with Crippen LogP contribution < -0.4 is 10.9 Å². The van der Waals surface area contributed by atoms with Crippen molar-refractivity contribution in [3.8, 4) is 11.4 Å². The zero-order valence-electron chi connectivity index (χ0n) is 15.2. The van der Waals surface area contributed by atoms with E-state index in [1.807, 2.05) is 32.2 Å². The van der Waals surface area contributed by atoms with Gasteiger partial charge in [-0.3, -0.25) is 9.78 Å². The molecule has 1 aliphatic rings. The van der Waals surface area contributed by atoms with Crippen LogP contribution in [0, 0.1) is 13.8 Å². The van der Waals surface area contributed by atoms with Gasteiger partial charge in [-0.15, -0.1) is 0 Å². The maximum Gasteiger partial charge on any atom is 0.276 e. The molecule has 1 saturated heterocycles. The molecule has 1 N–H and O–H groups in total. The van der Waals surface area contributed by atoms with Gasteiger partial charge < -0.3 is 5.32 Å². The van der Waals surface area contributed by atoms with E-state index in [0.29, 0.717) is 11.1 Å². The van der Waals surface area contributed by atoms with Crippen molar-refractivity contribution in [2.24, 2.45) is 0 Å². The number of nitrogens with one attached hydrogen (secondary N) is 1. The van der Waals surface area contributed by atoms with E-state index in [1.54, 1.807) is 21.6 Å². The number of hydrogen-bond donors (Lipinski definition) is 1. The molecule has 4 aromatic rings. The lowest BCUT2D eigenvalue weighted by Crippen LogP contribution is -2.28. The lowest BCUT2D eigenvalue weighted by Gasteiger charge is -2.12. The number of hydrogen-bond acceptors (Lipinski definition) is 6. The fourth-order valence-corrected chi connectivity index (χ4v) is 3.68. The quantitative estimate of drug-likeness (QED) is 0.584. The van der Waals surface area contributed by atoms with Crippen molar-refractivity contribution in [2.45, 2.75) is 26.3 Å². The Bertz CT molecular complexity index is 1230. The Hall–Kier alpha value is -3.13. The highest BCUT2D eigenvalue weighted by Gasteiger charge is 2.20. The highest BCUT2D eigenvalue weighted by Crippen LogP contribution is 2.21. The van der Waals surface area contributed by atoms with Crippen LogP contribution in [0.1, 0.15) is 23.7 Å². The smallest absolute Gasteiger partial charge is 0.276 e. The zero-order chi connectivity index (χ0) is 18.5. The molecule has 0 aliphatic carbocycles. The fourth-order valence-electron chi connectivity index (χ4n) is 3.68. The summed E-state index contributed by atoms with van der Waals surface area (Å²) in [6, 6.07) is 3.95. The van der Waals surface area contributed by atoms with Crippen molar-refractivity contribution in [2.75, 3.05) is 13.1 Å². The minimum absolute atomic E-state index is 0.0925. The molecule has 1 aliphatic heterocycles. The van der Waals surface area contributed by atoms with E-state index in [-0.39, 0.29) is 11.6 Å². The molecule has 5 rings (SSSR count). The summed E-state index contributed by atoms with van der Waals surface area (Å²) in [5.74, 6) is 0. The number of imidazole rings is 1. The Morgan fingerprint density at radius 1 is 1.19 bits per heavy atom. The maximum atomic E-state index is 12.8. The molecule has 27 heavy (non-hydrogen) atoms. The maximum absolute atomic E-state index is 12.8. The molecule has 0 radical (unpaired) electrons. The molecule has 5 heterocycles. The van der Waals surface area contributed by atoms with Gasteiger partial charge in [0.15, 0.2) is 5.65 Å². The summed E-state index contributed by atoms with van der Waals surface area (Å²) in [7, 11) is 0. The van der Waals surface area contributed by atoms with E-state index in [2.05, 4.69) is 25.5 Å². The van der Waals surface area contributed by atoms with E-state index in [0.717, 1.165) is 47.5 Å². The normalized spacial score (nSPS) is 17.2. The molecule has 0 saturated carbocycles. The first kappa shape index (κ1) is 16.1. The van der Waals surface area contributed by atoms with Gasteiger partial charge in [-0.05, 0) is 44.5 Å². The van der Waals surface area contributed by atoms with Gasteiger partial charge >= 0.3 is 0 Å². The Morgan fingerprint density at radius 3 is 2.89 bits per heavy atom. The van der Waals surface area contributed by atoms with Crippen LogP contribution in [0.2, 0.25) is 0 Å². The van der Waals surface area contributed by atoms with E-state index < -0.39 is 0 Å². The second-order valence-corrected chi connectivity index (χ2v) is 7.06. The van der Waals surface area contributed by atoms with Crippen molar-refractivity contribution in [3.63, 3.8) is 0 Å². The lowest BCUT2D eigenvalue weighted by atomic mass is 10.1. The van der Waals surface area contributed by atoms with Gasteiger partial charge in [0.25, 0.3) is 5.56 Å². The van der Waals surface area contributed by atoms with Crippen molar-refractivity contribution in [3.05, 3.63) is 52.3 Å². The third-order valence-corrected chi connectivity index (χ3v) is 5.07. The van der Waals surface area contributed by atoms with E-state index in [9.17, 15) is 4.79 Å². The van der Waals surface area contributed by atoms with Gasteiger partial charge in [0.05, 0.1) is 35.2 Å². The highest BCUT2D eigenvalue weighted by molar-refractivity contribution is 5.83. The molecule has 0 spiro atoms. The van der Waals surface area contributed by atoms with Crippen LogP contribution in [0.15, 0.2) is 35.5 Å². The Labute approximate surface area is 154 Å². The molecule has 136 valence electrons. The summed E-state index contributed by atoms with van der Waals surface area (Å²) in [5, 5.41) is 13.6. The van der Waals surface area contributed by atoms with Crippen LogP contribution in [0.4, 0.5) is 0 Å². The van der Waals surface area contributed by atoms with Crippen molar-refractivity contribution >= 4 is 16.4 Å². The molecule has 4 aromatic heterocycles. The Morgan fingerprint density at radius 2 is 2.07 bits per heavy atom. The first-order chi connectivity index (χ1) is 13.1. The summed E-state index contributed by atoms with van der Waals surface area (Å²) in [5.41, 5.74) is 4.14. The van der Waals surface area contributed by atoms with E-state index in [1.165, 1.54) is 0 Å². The largest absolute Gasteiger partial charge is 0.315 e. The van der Waals surface area contributed by atoms with Gasteiger partial charge in [0, 0.05) is 18.1 Å². The molecule has 1 atom stereocenters. The van der Waals surface area contributed by atoms with Crippen molar-refractivity contribution in [1.82, 2.24) is 34.7 Å². The molecule has 0 amide bonds. The topological polar surface area (TPSA) is 90.0 Å². The van der Waals surface area contributed by atoms with Crippen LogP contribution in [-0.4, -0.2) is 42.5 Å². The van der Waals surface area contributed by atoms with Gasteiger partial charge in [0.2, 0.25) is 0 Å². The van der Waals surface area contributed by atoms with Crippen LogP contribution in [0.5, 0.6) is 0 Å². The van der Waals surface area contributed by atoms with Gasteiger partial charge in [0.1, 0.15) is 5.69 Å². The highest BCUT2D eigenvalue weighted by atomic mass is 16.1. The molecular formula is C19H19N7O. The third-order valence-electron chi connectivity index (χ3n) is 5.07. The number of rotatable bonds is 2. The predicted octanol–water partition coefficient (Wildman–Crippen LogP) is 1.65. The van der Waals surface area contributed by atoms with Crippen LogP contribution in [-0.2, 0) is 0 Å². The number of aryl methyl sites for hydroxylation is 2. The molecule has 8 heteroatoms. The number of aromatic nitrogens is 6. The molecule has 8 nitrogen and oxygen atoms in total. The zero-order valence-corrected chi connectivity index (χ0v) is 15.2. The first-order valence-electron chi connectivity index (χ1n) is 9.02. The minimum Gasteiger partial charge on any atom is -0.315 e. The van der Waals surface area contributed by atoms with E-state index in [4.69, 9.17) is 0 Å². The standard InChI is InChI=1S/C19H19N7O/c1-11-5-17(24-25-10-12(2)23-18(11)25)16-6-13-7-22-26(14-3-4-20-8-14)19(27)15(13)9-21-16/h5-7,9-10,14,20H,3-4,8H2,1-2H3. The molecule has 1 fully saturated rings. The molecule has 0 aromatic carbocycles. The monoisotopic (exact) mass is 361 g/mol. The van der Waals surface area contributed by atoms with Gasteiger partial charge in [-0.1, -0.05) is 0 Å². The molecular weight excluding hydrogens is 342 g/mol.